The molecule has 0 unspecified atom stereocenters. The molecule has 0 spiro atoms. The highest BCUT2D eigenvalue weighted by molar-refractivity contribution is 5.11. The lowest BCUT2D eigenvalue weighted by Crippen LogP contribution is -2.32. The van der Waals surface area contributed by atoms with E-state index in [4.69, 9.17) is 5.26 Å². The van der Waals surface area contributed by atoms with Gasteiger partial charge in [0, 0.05) is 11.1 Å². The van der Waals surface area contributed by atoms with E-state index >= 15 is 0 Å². The highest BCUT2D eigenvalue weighted by Crippen LogP contribution is 1.96. The minimum Gasteiger partial charge on any atom is -0.191 e. The van der Waals surface area contributed by atoms with Crippen LogP contribution in [0.4, 0.5) is 0 Å². The molecular weight excluding hydrogens is 136 g/mol. The number of hydrogen-bond acceptors (Lipinski definition) is 1. The van der Waals surface area contributed by atoms with Crippen LogP contribution in [0.15, 0.2) is 18.5 Å². The van der Waals surface area contributed by atoms with E-state index in [1.54, 1.807) is 0 Å². The monoisotopic (exact) mass is 147 g/mol. The van der Waals surface area contributed by atoms with Gasteiger partial charge in [0.25, 0.3) is 0 Å². The van der Waals surface area contributed by atoms with Gasteiger partial charge in [0.15, 0.2) is 12.4 Å². The molecule has 0 radical (unpaired) electrons. The van der Waals surface area contributed by atoms with Gasteiger partial charge in [-0.2, -0.15) is 9.83 Å². The average molecular weight is 147 g/mol. The van der Waals surface area contributed by atoms with Crippen LogP contribution in [0, 0.1) is 25.2 Å². The van der Waals surface area contributed by atoms with E-state index in [2.05, 4.69) is 12.1 Å². The molecule has 0 fully saturated rings. The number of aromatic nitrogens is 1. The molecule has 0 aliphatic carbocycles. The Labute approximate surface area is 66.7 Å². The lowest BCUT2D eigenvalue weighted by Gasteiger charge is -1.93. The van der Waals surface area contributed by atoms with Gasteiger partial charge >= 0.3 is 0 Å². The van der Waals surface area contributed by atoms with Crippen molar-refractivity contribution in [3.63, 3.8) is 0 Å². The summed E-state index contributed by atoms with van der Waals surface area (Å²) >= 11 is 0. The molecule has 0 bridgehead atoms. The first-order valence-electron chi connectivity index (χ1n) is 3.56. The van der Waals surface area contributed by atoms with Gasteiger partial charge < -0.3 is 0 Å². The molecule has 1 aromatic heterocycles. The van der Waals surface area contributed by atoms with Crippen molar-refractivity contribution >= 4 is 0 Å². The van der Waals surface area contributed by atoms with Crippen LogP contribution in [0.25, 0.3) is 0 Å². The molecule has 0 saturated carbocycles. The highest BCUT2D eigenvalue weighted by Gasteiger charge is 1.99. The standard InChI is InChI=1S/C9H11N2/c1-8-5-9(2)7-11(6-8)4-3-10/h5-7H,4H2,1-2H3/q+1. The maximum atomic E-state index is 8.43. The average Bonchev–Trinajstić information content (AvgIpc) is 1.85. The molecule has 1 rings (SSSR count). The Morgan fingerprint density at radius 2 is 1.91 bits per heavy atom. The van der Waals surface area contributed by atoms with Crippen molar-refractivity contribution in [1.82, 2.24) is 0 Å². The van der Waals surface area contributed by atoms with Crippen LogP contribution in [0.1, 0.15) is 11.1 Å². The van der Waals surface area contributed by atoms with E-state index < -0.39 is 0 Å². The fraction of sp³-hybridized carbons (Fsp3) is 0.333. The molecule has 1 heterocycles. The smallest absolute Gasteiger partial charge is 0.191 e. The molecule has 1 aromatic rings. The molecule has 0 saturated heterocycles. The highest BCUT2D eigenvalue weighted by atomic mass is 14.9. The molecule has 56 valence electrons. The summed E-state index contributed by atoms with van der Waals surface area (Å²) in [4.78, 5) is 0. The largest absolute Gasteiger partial charge is 0.233 e. The Balaban J connectivity index is 3.01. The summed E-state index contributed by atoms with van der Waals surface area (Å²) in [7, 11) is 0. The number of hydrogen-bond donors (Lipinski definition) is 0. The molecular formula is C9H11N2+. The molecule has 0 aromatic carbocycles. The van der Waals surface area contributed by atoms with Crippen LogP contribution in [0.2, 0.25) is 0 Å². The van der Waals surface area contributed by atoms with Crippen molar-refractivity contribution in [2.75, 3.05) is 0 Å². The number of rotatable bonds is 1. The maximum absolute atomic E-state index is 8.43. The quantitative estimate of drug-likeness (QED) is 0.547. The van der Waals surface area contributed by atoms with Crippen LogP contribution in [0.5, 0.6) is 0 Å². The van der Waals surface area contributed by atoms with E-state index in [0.717, 1.165) is 0 Å². The summed E-state index contributed by atoms with van der Waals surface area (Å²) in [6, 6.07) is 4.19. The first-order chi connectivity index (χ1) is 5.22. The topological polar surface area (TPSA) is 27.7 Å². The minimum atomic E-state index is 0.433. The Morgan fingerprint density at radius 1 is 1.36 bits per heavy atom. The third-order valence-corrected chi connectivity index (χ3v) is 1.45. The minimum absolute atomic E-state index is 0.433. The third-order valence-electron chi connectivity index (χ3n) is 1.45. The van der Waals surface area contributed by atoms with Crippen LogP contribution in [-0.2, 0) is 6.54 Å². The first kappa shape index (κ1) is 7.74. The number of nitrogens with zero attached hydrogens (tertiary/aromatic N) is 2. The summed E-state index contributed by atoms with van der Waals surface area (Å²) in [5.41, 5.74) is 2.39. The van der Waals surface area contributed by atoms with Crippen LogP contribution >= 0.6 is 0 Å². The summed E-state index contributed by atoms with van der Waals surface area (Å²) in [6.45, 7) is 4.49. The molecule has 2 heteroatoms. The lowest BCUT2D eigenvalue weighted by atomic mass is 10.2. The van der Waals surface area contributed by atoms with E-state index in [1.165, 1.54) is 11.1 Å². The summed E-state index contributed by atoms with van der Waals surface area (Å²) in [5.74, 6) is 0. The summed E-state index contributed by atoms with van der Waals surface area (Å²) in [5, 5.41) is 8.43. The Kier molecular flexibility index (Phi) is 2.22. The molecule has 0 N–H and O–H groups in total. The van der Waals surface area contributed by atoms with Crippen LogP contribution in [-0.4, -0.2) is 0 Å². The van der Waals surface area contributed by atoms with Gasteiger partial charge in [-0.05, 0) is 19.9 Å². The SMILES string of the molecule is Cc1cc(C)c[n+](CC#N)c1. The van der Waals surface area contributed by atoms with Gasteiger partial charge in [0.1, 0.15) is 6.07 Å². The van der Waals surface area contributed by atoms with Crippen LogP contribution in [0.3, 0.4) is 0 Å². The van der Waals surface area contributed by atoms with Gasteiger partial charge in [0.2, 0.25) is 6.54 Å². The van der Waals surface area contributed by atoms with Crippen molar-refractivity contribution in [2.45, 2.75) is 20.4 Å². The van der Waals surface area contributed by atoms with Gasteiger partial charge in [-0.1, -0.05) is 0 Å². The second-order valence-corrected chi connectivity index (χ2v) is 2.72. The predicted molar refractivity (Wildman–Crippen MR) is 41.7 cm³/mol. The normalized spacial score (nSPS) is 9.18. The van der Waals surface area contributed by atoms with E-state index in [0.29, 0.717) is 6.54 Å². The van der Waals surface area contributed by atoms with E-state index in [-0.39, 0.29) is 0 Å². The molecule has 0 atom stereocenters. The van der Waals surface area contributed by atoms with Gasteiger partial charge in [-0.3, -0.25) is 0 Å². The third kappa shape index (κ3) is 2.05. The zero-order chi connectivity index (χ0) is 8.27. The molecule has 0 aliphatic heterocycles. The van der Waals surface area contributed by atoms with Crippen molar-refractivity contribution in [3.05, 3.63) is 29.6 Å². The fourth-order valence-electron chi connectivity index (χ4n) is 1.17. The molecule has 0 amide bonds. The van der Waals surface area contributed by atoms with Crippen LogP contribution < -0.4 is 4.57 Å². The maximum Gasteiger partial charge on any atom is 0.233 e. The van der Waals surface area contributed by atoms with Gasteiger partial charge in [0.05, 0.1) is 0 Å². The van der Waals surface area contributed by atoms with Crippen molar-refractivity contribution < 1.29 is 4.57 Å². The second-order valence-electron chi connectivity index (χ2n) is 2.72. The Morgan fingerprint density at radius 3 is 2.36 bits per heavy atom. The first-order valence-corrected chi connectivity index (χ1v) is 3.56. The lowest BCUT2D eigenvalue weighted by molar-refractivity contribution is -0.685. The Hall–Kier alpha value is -1.36. The van der Waals surface area contributed by atoms with Crippen molar-refractivity contribution in [3.8, 4) is 6.07 Å². The number of nitriles is 1. The predicted octanol–water partition coefficient (Wildman–Crippen LogP) is 1.11. The fourth-order valence-corrected chi connectivity index (χ4v) is 1.17. The number of pyridine rings is 1. The van der Waals surface area contributed by atoms with Crippen molar-refractivity contribution in [2.24, 2.45) is 0 Å². The van der Waals surface area contributed by atoms with Crippen molar-refractivity contribution in [1.29, 1.82) is 5.26 Å². The summed E-state index contributed by atoms with van der Waals surface area (Å²) < 4.78 is 1.89. The zero-order valence-electron chi connectivity index (χ0n) is 6.83. The molecule has 11 heavy (non-hydrogen) atoms. The number of aryl methyl sites for hydroxylation is 2. The molecule has 0 aliphatic rings. The van der Waals surface area contributed by atoms with E-state index in [1.807, 2.05) is 30.8 Å². The van der Waals surface area contributed by atoms with Gasteiger partial charge in [-0.15, -0.1) is 0 Å². The zero-order valence-corrected chi connectivity index (χ0v) is 6.83. The summed E-state index contributed by atoms with van der Waals surface area (Å²) in [6.07, 6.45) is 3.94. The molecule has 2 nitrogen and oxygen atoms in total. The van der Waals surface area contributed by atoms with Gasteiger partial charge in [-0.25, -0.2) is 0 Å². The second kappa shape index (κ2) is 3.16. The Bertz CT molecular complexity index is 277. The van der Waals surface area contributed by atoms with E-state index in [9.17, 15) is 0 Å².